The zero-order valence-corrected chi connectivity index (χ0v) is 22.0. The van der Waals surface area contributed by atoms with E-state index in [2.05, 4.69) is 25.6 Å². The summed E-state index contributed by atoms with van der Waals surface area (Å²) in [5.74, 6) is 0.520. The molecule has 3 heterocycles. The van der Waals surface area contributed by atoms with E-state index < -0.39 is 17.6 Å². The van der Waals surface area contributed by atoms with E-state index in [-0.39, 0.29) is 23.8 Å². The highest BCUT2D eigenvalue weighted by atomic mass is 19.4. The molecule has 0 atom stereocenters. The van der Waals surface area contributed by atoms with Crippen LogP contribution in [0.2, 0.25) is 0 Å². The zero-order chi connectivity index (χ0) is 28.8. The molecule has 206 valence electrons. The van der Waals surface area contributed by atoms with Crippen LogP contribution < -0.4 is 20.4 Å². The molecule has 1 aliphatic heterocycles. The molecule has 0 saturated heterocycles. The number of urea groups is 1. The van der Waals surface area contributed by atoms with Gasteiger partial charge in [-0.05, 0) is 49.7 Å². The molecule has 2 aromatic heterocycles. The van der Waals surface area contributed by atoms with Crippen molar-refractivity contribution in [1.82, 2.24) is 19.5 Å². The van der Waals surface area contributed by atoms with Gasteiger partial charge in [-0.15, -0.1) is 0 Å². The molecule has 0 bridgehead atoms. The number of fused-ring (bicyclic) bond motifs is 1. The Morgan fingerprint density at radius 2 is 1.82 bits per heavy atom. The molecule has 2 N–H and O–H groups in total. The number of aryl methyl sites for hydroxylation is 2. The first-order chi connectivity index (χ1) is 19.0. The second-order valence-corrected chi connectivity index (χ2v) is 9.25. The lowest BCUT2D eigenvalue weighted by Crippen LogP contribution is -2.46. The van der Waals surface area contributed by atoms with Crippen molar-refractivity contribution in [3.8, 4) is 5.69 Å². The lowest BCUT2D eigenvalue weighted by Gasteiger charge is -2.35. The lowest BCUT2D eigenvalue weighted by atomic mass is 10.1. The molecule has 1 aliphatic rings. The molecule has 0 radical (unpaired) electrons. The predicted octanol–water partition coefficient (Wildman–Crippen LogP) is 5.17. The van der Waals surface area contributed by atoms with Crippen LogP contribution in [0.15, 0.2) is 55.0 Å². The number of carbonyl (C=O) groups excluding carboxylic acids is 2. The van der Waals surface area contributed by atoms with Gasteiger partial charge in [0, 0.05) is 49.5 Å². The van der Waals surface area contributed by atoms with Crippen molar-refractivity contribution in [2.24, 2.45) is 0 Å². The van der Waals surface area contributed by atoms with Crippen LogP contribution in [-0.4, -0.2) is 45.6 Å². The van der Waals surface area contributed by atoms with Gasteiger partial charge in [-0.3, -0.25) is 14.6 Å². The molecule has 13 heteroatoms. The summed E-state index contributed by atoms with van der Waals surface area (Å²) in [6.45, 7) is 3.60. The van der Waals surface area contributed by atoms with Gasteiger partial charge in [0.15, 0.2) is 0 Å². The summed E-state index contributed by atoms with van der Waals surface area (Å²) >= 11 is 0. The smallest absolute Gasteiger partial charge is 0.357 e. The number of aromatic nitrogens is 4. The van der Waals surface area contributed by atoms with Gasteiger partial charge in [0.05, 0.1) is 23.5 Å². The Balaban J connectivity index is 1.44. The van der Waals surface area contributed by atoms with Crippen molar-refractivity contribution < 1.29 is 22.8 Å². The van der Waals surface area contributed by atoms with Gasteiger partial charge in [-0.2, -0.15) is 18.2 Å². The van der Waals surface area contributed by atoms with E-state index in [4.69, 9.17) is 0 Å². The summed E-state index contributed by atoms with van der Waals surface area (Å²) < 4.78 is 43.1. The van der Waals surface area contributed by atoms with Crippen LogP contribution in [0.1, 0.15) is 32.9 Å². The predicted molar refractivity (Wildman–Crippen MR) is 144 cm³/mol. The third-order valence-corrected chi connectivity index (χ3v) is 6.64. The van der Waals surface area contributed by atoms with Crippen molar-refractivity contribution in [2.75, 3.05) is 34.5 Å². The van der Waals surface area contributed by atoms with Gasteiger partial charge >= 0.3 is 12.2 Å². The van der Waals surface area contributed by atoms with E-state index in [9.17, 15) is 22.8 Å². The Bertz CT molecular complexity index is 1630. The fraction of sp³-hybridized carbons (Fsp3) is 0.222. The van der Waals surface area contributed by atoms with Crippen LogP contribution in [-0.2, 0) is 12.7 Å². The molecule has 10 nitrogen and oxygen atoms in total. The van der Waals surface area contributed by atoms with Crippen LogP contribution >= 0.6 is 0 Å². The first-order valence-electron chi connectivity index (χ1n) is 12.2. The summed E-state index contributed by atoms with van der Waals surface area (Å²) in [5.41, 5.74) is 1.07. The zero-order valence-electron chi connectivity index (χ0n) is 22.0. The molecule has 3 amide bonds. The highest BCUT2D eigenvalue weighted by molar-refractivity contribution is 6.07. The Labute approximate surface area is 227 Å². The Kier molecular flexibility index (Phi) is 6.65. The number of amides is 3. The van der Waals surface area contributed by atoms with Crippen LogP contribution in [0.4, 0.5) is 41.1 Å². The maximum absolute atomic E-state index is 13.9. The standard InChI is InChI=1S/C27H25F3N8O2/c1-15-5-7-19(12-22(15)38-14-18-13-33-25(31-3)35-23(18)36(4)26(38)40)34-24(39)17-6-8-21(20(11-17)27(28,29)30)37-10-9-32-16(37)2/h5-13H,14H2,1-4H3,(H,34,39)(H,31,33,35). The minimum Gasteiger partial charge on any atom is -0.357 e. The maximum atomic E-state index is 13.9. The number of hydrogen-bond acceptors (Lipinski definition) is 6. The number of benzene rings is 2. The van der Waals surface area contributed by atoms with Crippen LogP contribution in [0.25, 0.3) is 5.69 Å². The molecule has 0 saturated carbocycles. The van der Waals surface area contributed by atoms with E-state index in [1.165, 1.54) is 38.9 Å². The fourth-order valence-electron chi connectivity index (χ4n) is 4.55. The lowest BCUT2D eigenvalue weighted by molar-refractivity contribution is -0.137. The minimum absolute atomic E-state index is 0.129. The largest absolute Gasteiger partial charge is 0.418 e. The maximum Gasteiger partial charge on any atom is 0.418 e. The van der Waals surface area contributed by atoms with Gasteiger partial charge < -0.3 is 15.2 Å². The van der Waals surface area contributed by atoms with E-state index in [0.717, 1.165) is 17.2 Å². The van der Waals surface area contributed by atoms with Crippen molar-refractivity contribution in [3.05, 3.63) is 83.1 Å². The number of nitrogens with one attached hydrogen (secondary N) is 2. The fourth-order valence-corrected chi connectivity index (χ4v) is 4.55. The molecule has 40 heavy (non-hydrogen) atoms. The number of halogens is 3. The summed E-state index contributed by atoms with van der Waals surface area (Å²) in [6, 6.07) is 8.01. The molecular formula is C27H25F3N8O2. The van der Waals surface area contributed by atoms with E-state index in [0.29, 0.717) is 29.0 Å². The van der Waals surface area contributed by atoms with E-state index in [1.807, 2.05) is 6.92 Å². The average molecular weight is 551 g/mol. The highest BCUT2D eigenvalue weighted by Gasteiger charge is 2.35. The van der Waals surface area contributed by atoms with Crippen LogP contribution in [0, 0.1) is 13.8 Å². The molecule has 0 aliphatic carbocycles. The SMILES string of the molecule is CNc1ncc2c(n1)N(C)C(=O)N(c1cc(NC(=O)c3ccc(-n4ccnc4C)c(C(F)(F)F)c3)ccc1C)C2. The molecule has 5 rings (SSSR count). The number of hydrogen-bond donors (Lipinski definition) is 2. The number of rotatable bonds is 5. The summed E-state index contributed by atoms with van der Waals surface area (Å²) in [4.78, 5) is 41.8. The quantitative estimate of drug-likeness (QED) is 0.355. The number of nitrogens with zero attached hydrogens (tertiary/aromatic N) is 6. The van der Waals surface area contributed by atoms with Crippen molar-refractivity contribution in [2.45, 2.75) is 26.6 Å². The Hall–Kier alpha value is -4.94. The molecule has 4 aromatic rings. The Morgan fingerprint density at radius 3 is 2.50 bits per heavy atom. The van der Waals surface area contributed by atoms with Gasteiger partial charge in [0.2, 0.25) is 5.95 Å². The monoisotopic (exact) mass is 550 g/mol. The molecule has 0 spiro atoms. The van der Waals surface area contributed by atoms with Crippen molar-refractivity contribution >= 4 is 35.1 Å². The minimum atomic E-state index is -4.70. The van der Waals surface area contributed by atoms with Crippen LogP contribution in [0.3, 0.4) is 0 Å². The first-order valence-corrected chi connectivity index (χ1v) is 12.2. The topological polar surface area (TPSA) is 108 Å². The van der Waals surface area contributed by atoms with Crippen LogP contribution in [0.5, 0.6) is 0 Å². The molecule has 2 aromatic carbocycles. The van der Waals surface area contributed by atoms with Gasteiger partial charge in [0.25, 0.3) is 5.91 Å². The number of imidazole rings is 1. The molecular weight excluding hydrogens is 525 g/mol. The van der Waals surface area contributed by atoms with E-state index in [1.54, 1.807) is 45.4 Å². The van der Waals surface area contributed by atoms with Crippen molar-refractivity contribution in [3.63, 3.8) is 0 Å². The first kappa shape index (κ1) is 26.7. The molecule has 0 unspecified atom stereocenters. The second-order valence-electron chi connectivity index (χ2n) is 9.25. The van der Waals surface area contributed by atoms with Gasteiger partial charge in [-0.25, -0.2) is 14.8 Å². The van der Waals surface area contributed by atoms with Gasteiger partial charge in [0.1, 0.15) is 11.6 Å². The second kappa shape index (κ2) is 9.98. The highest BCUT2D eigenvalue weighted by Crippen LogP contribution is 2.36. The normalized spacial score (nSPS) is 13.3. The Morgan fingerprint density at radius 1 is 1.05 bits per heavy atom. The summed E-state index contributed by atoms with van der Waals surface area (Å²) in [7, 11) is 3.29. The van der Waals surface area contributed by atoms with E-state index >= 15 is 0 Å². The summed E-state index contributed by atoms with van der Waals surface area (Å²) in [6.07, 6.45) is -0.232. The number of carbonyl (C=O) groups is 2. The number of alkyl halides is 3. The summed E-state index contributed by atoms with van der Waals surface area (Å²) in [5, 5.41) is 5.51. The number of anilines is 4. The average Bonchev–Trinajstić information content (AvgIpc) is 3.36. The third-order valence-electron chi connectivity index (χ3n) is 6.64. The third kappa shape index (κ3) is 4.81. The van der Waals surface area contributed by atoms with Crippen molar-refractivity contribution in [1.29, 1.82) is 0 Å². The van der Waals surface area contributed by atoms with Gasteiger partial charge in [-0.1, -0.05) is 6.07 Å². The molecule has 0 fully saturated rings.